The van der Waals surface area contributed by atoms with Crippen LogP contribution in [-0.2, 0) is 17.7 Å². The van der Waals surface area contributed by atoms with Crippen LogP contribution in [0.4, 0.5) is 4.79 Å². The van der Waals surface area contributed by atoms with Gasteiger partial charge in [0.25, 0.3) is 0 Å². The number of aliphatic imine (C=N–C) groups is 1. The minimum Gasteiger partial charge on any atom is -0.444 e. The smallest absolute Gasteiger partial charge is 0.410 e. The van der Waals surface area contributed by atoms with Gasteiger partial charge in [0.2, 0.25) is 0 Å². The molecule has 4 rings (SSSR count). The normalized spacial score (nSPS) is 22.9. The van der Waals surface area contributed by atoms with Crippen LogP contribution >= 0.6 is 0 Å². The summed E-state index contributed by atoms with van der Waals surface area (Å²) >= 11 is 0. The van der Waals surface area contributed by atoms with Crippen LogP contribution in [0.25, 0.3) is 0 Å². The van der Waals surface area contributed by atoms with Gasteiger partial charge in [0.15, 0.2) is 5.82 Å². The van der Waals surface area contributed by atoms with E-state index in [1.807, 2.05) is 31.9 Å². The second kappa shape index (κ2) is 8.38. The van der Waals surface area contributed by atoms with Crippen molar-refractivity contribution in [2.24, 2.45) is 4.99 Å². The van der Waals surface area contributed by atoms with Crippen molar-refractivity contribution in [1.29, 1.82) is 0 Å². The van der Waals surface area contributed by atoms with Crippen molar-refractivity contribution in [3.63, 3.8) is 0 Å². The maximum atomic E-state index is 12.6. The van der Waals surface area contributed by atoms with Crippen molar-refractivity contribution in [3.05, 3.63) is 23.3 Å². The van der Waals surface area contributed by atoms with E-state index in [-0.39, 0.29) is 12.1 Å². The standard InChI is InChI=1S/C22H33N5O2/c1-22(2,3)29-21(28)27-11-6-7-17(27)15-26-12-9-18-16(14-26)13-24-20(25-18)19-8-4-5-10-23-19/h13,17H,4-12,14-15H2,1-3H3. The topological polar surface area (TPSA) is 70.9 Å². The molecular formula is C22H33N5O2. The SMILES string of the molecule is CC(C)(C)OC(=O)N1CCCC1CN1CCc2nc(C3=NCCCC3)ncc2C1. The number of rotatable bonds is 3. The predicted octanol–water partition coefficient (Wildman–Crippen LogP) is 3.21. The predicted molar refractivity (Wildman–Crippen MR) is 112 cm³/mol. The number of amides is 1. The van der Waals surface area contributed by atoms with Gasteiger partial charge in [0.1, 0.15) is 5.60 Å². The molecule has 1 aromatic rings. The number of hydrogen-bond donors (Lipinski definition) is 0. The van der Waals surface area contributed by atoms with Gasteiger partial charge in [-0.05, 0) is 52.9 Å². The van der Waals surface area contributed by atoms with E-state index in [0.717, 1.165) is 75.6 Å². The zero-order valence-electron chi connectivity index (χ0n) is 18.0. The van der Waals surface area contributed by atoms with Gasteiger partial charge in [-0.3, -0.25) is 9.89 Å². The highest BCUT2D eigenvalue weighted by atomic mass is 16.6. The van der Waals surface area contributed by atoms with E-state index >= 15 is 0 Å². The highest BCUT2D eigenvalue weighted by molar-refractivity contribution is 5.97. The molecule has 1 fully saturated rings. The van der Waals surface area contributed by atoms with Gasteiger partial charge >= 0.3 is 6.09 Å². The third-order valence-electron chi connectivity index (χ3n) is 5.87. The largest absolute Gasteiger partial charge is 0.444 e. The number of fused-ring (bicyclic) bond motifs is 1. The van der Waals surface area contributed by atoms with Gasteiger partial charge in [0, 0.05) is 56.9 Å². The maximum absolute atomic E-state index is 12.6. The van der Waals surface area contributed by atoms with E-state index in [0.29, 0.717) is 0 Å². The summed E-state index contributed by atoms with van der Waals surface area (Å²) < 4.78 is 5.61. The Bertz CT molecular complexity index is 786. The molecule has 4 heterocycles. The quantitative estimate of drug-likeness (QED) is 0.780. The maximum Gasteiger partial charge on any atom is 0.410 e. The van der Waals surface area contributed by atoms with Gasteiger partial charge in [-0.1, -0.05) is 0 Å². The molecule has 3 aliphatic rings. The highest BCUT2D eigenvalue weighted by Crippen LogP contribution is 2.24. The van der Waals surface area contributed by atoms with Crippen LogP contribution in [0.1, 0.15) is 70.0 Å². The summed E-state index contributed by atoms with van der Waals surface area (Å²) in [5, 5.41) is 0. The molecule has 7 nitrogen and oxygen atoms in total. The fourth-order valence-corrected chi connectivity index (χ4v) is 4.43. The van der Waals surface area contributed by atoms with Gasteiger partial charge in [-0.25, -0.2) is 14.8 Å². The molecule has 7 heteroatoms. The number of likely N-dealkylation sites (tertiary alicyclic amines) is 1. The number of ether oxygens (including phenoxy) is 1. The average molecular weight is 400 g/mol. The minimum atomic E-state index is -0.452. The Labute approximate surface area is 173 Å². The highest BCUT2D eigenvalue weighted by Gasteiger charge is 2.34. The molecule has 158 valence electrons. The van der Waals surface area contributed by atoms with Crippen molar-refractivity contribution >= 4 is 11.8 Å². The van der Waals surface area contributed by atoms with E-state index in [1.54, 1.807) is 0 Å². The number of hydrogen-bond acceptors (Lipinski definition) is 6. The van der Waals surface area contributed by atoms with E-state index in [2.05, 4.69) is 14.9 Å². The molecule has 0 saturated carbocycles. The Balaban J connectivity index is 1.38. The molecule has 0 radical (unpaired) electrons. The lowest BCUT2D eigenvalue weighted by Gasteiger charge is -2.34. The number of nitrogens with zero attached hydrogens (tertiary/aromatic N) is 5. The monoisotopic (exact) mass is 399 g/mol. The van der Waals surface area contributed by atoms with Gasteiger partial charge in [-0.2, -0.15) is 0 Å². The summed E-state index contributed by atoms with van der Waals surface area (Å²) in [4.78, 5) is 31.0. The first kappa shape index (κ1) is 20.3. The molecule has 0 aliphatic carbocycles. The average Bonchev–Trinajstić information content (AvgIpc) is 3.15. The number of carbonyl (C=O) groups is 1. The number of aromatic nitrogens is 2. The second-order valence-corrected chi connectivity index (χ2v) is 9.41. The van der Waals surface area contributed by atoms with Crippen molar-refractivity contribution in [2.75, 3.05) is 26.2 Å². The second-order valence-electron chi connectivity index (χ2n) is 9.41. The molecule has 0 bridgehead atoms. The molecule has 0 N–H and O–H groups in total. The Kier molecular flexibility index (Phi) is 5.86. The Morgan fingerprint density at radius 3 is 2.83 bits per heavy atom. The molecule has 0 spiro atoms. The fraction of sp³-hybridized carbons (Fsp3) is 0.727. The first-order valence-corrected chi connectivity index (χ1v) is 11.0. The molecule has 3 aliphatic heterocycles. The van der Waals surface area contributed by atoms with Crippen molar-refractivity contribution in [1.82, 2.24) is 19.8 Å². The summed E-state index contributed by atoms with van der Waals surface area (Å²) in [7, 11) is 0. The van der Waals surface area contributed by atoms with Crippen LogP contribution in [-0.4, -0.2) is 69.4 Å². The first-order chi connectivity index (χ1) is 13.9. The lowest BCUT2D eigenvalue weighted by atomic mass is 10.0. The molecular weight excluding hydrogens is 366 g/mol. The summed E-state index contributed by atoms with van der Waals surface area (Å²) in [5.41, 5.74) is 2.99. The molecule has 1 aromatic heterocycles. The third kappa shape index (κ3) is 4.94. The van der Waals surface area contributed by atoms with Crippen LogP contribution in [0.2, 0.25) is 0 Å². The fourth-order valence-electron chi connectivity index (χ4n) is 4.43. The Morgan fingerprint density at radius 1 is 1.21 bits per heavy atom. The van der Waals surface area contributed by atoms with Gasteiger partial charge in [-0.15, -0.1) is 0 Å². The van der Waals surface area contributed by atoms with Crippen LogP contribution < -0.4 is 0 Å². The van der Waals surface area contributed by atoms with Crippen LogP contribution in [0.5, 0.6) is 0 Å². The van der Waals surface area contributed by atoms with Gasteiger partial charge in [0.05, 0.1) is 11.4 Å². The van der Waals surface area contributed by atoms with E-state index in [1.165, 1.54) is 18.4 Å². The molecule has 29 heavy (non-hydrogen) atoms. The van der Waals surface area contributed by atoms with Gasteiger partial charge < -0.3 is 9.64 Å². The molecule has 1 amide bonds. The zero-order chi connectivity index (χ0) is 20.4. The molecule has 1 saturated heterocycles. The van der Waals surface area contributed by atoms with Crippen molar-refractivity contribution < 1.29 is 9.53 Å². The third-order valence-corrected chi connectivity index (χ3v) is 5.87. The Morgan fingerprint density at radius 2 is 2.07 bits per heavy atom. The van der Waals surface area contributed by atoms with Crippen LogP contribution in [0, 0.1) is 0 Å². The first-order valence-electron chi connectivity index (χ1n) is 11.0. The molecule has 0 aromatic carbocycles. The number of carbonyl (C=O) groups excluding carboxylic acids is 1. The van der Waals surface area contributed by atoms with Crippen molar-refractivity contribution in [2.45, 2.75) is 77.5 Å². The van der Waals surface area contributed by atoms with E-state index < -0.39 is 5.60 Å². The lowest BCUT2D eigenvalue weighted by Crippen LogP contribution is -2.46. The Hall–Kier alpha value is -2.02. The van der Waals surface area contributed by atoms with E-state index in [9.17, 15) is 4.79 Å². The summed E-state index contributed by atoms with van der Waals surface area (Å²) in [6.45, 7) is 10.2. The molecule has 1 atom stereocenters. The lowest BCUT2D eigenvalue weighted by molar-refractivity contribution is 0.0192. The summed E-state index contributed by atoms with van der Waals surface area (Å²) in [6.07, 6.45) is 8.17. The van der Waals surface area contributed by atoms with Crippen LogP contribution in [0.15, 0.2) is 11.2 Å². The summed E-state index contributed by atoms with van der Waals surface area (Å²) in [6, 6.07) is 0.225. The van der Waals surface area contributed by atoms with Crippen molar-refractivity contribution in [3.8, 4) is 0 Å². The van der Waals surface area contributed by atoms with Crippen LogP contribution in [0.3, 0.4) is 0 Å². The minimum absolute atomic E-state index is 0.182. The molecule has 1 unspecified atom stereocenters. The van der Waals surface area contributed by atoms with E-state index in [4.69, 9.17) is 9.72 Å². The summed E-state index contributed by atoms with van der Waals surface area (Å²) in [5.74, 6) is 0.823. The zero-order valence-corrected chi connectivity index (χ0v) is 18.0.